The van der Waals surface area contributed by atoms with Crippen LogP contribution < -0.4 is 5.32 Å². The molecule has 1 aliphatic heterocycles. The standard InChI is InChI=1S/C19H25N3O3/c1-6-22(9-7-8-10-22)14(3)18(23)21-17-13(2)11-15(20-4)12-16(17)19(24)25-5/h11-12,14H,6-10H2,1-3,5H3/p+1. The van der Waals surface area contributed by atoms with Crippen LogP contribution in [0.25, 0.3) is 4.85 Å². The fraction of sp³-hybridized carbons (Fsp3) is 0.526. The van der Waals surface area contributed by atoms with Crippen LogP contribution in [-0.4, -0.2) is 49.1 Å². The van der Waals surface area contributed by atoms with Gasteiger partial charge in [-0.2, -0.15) is 0 Å². The number of methoxy groups -OCH3 is 1. The van der Waals surface area contributed by atoms with Crippen molar-refractivity contribution < 1.29 is 18.8 Å². The van der Waals surface area contributed by atoms with Gasteiger partial charge in [0.2, 0.25) is 0 Å². The molecule has 0 radical (unpaired) electrons. The fourth-order valence-corrected chi connectivity index (χ4v) is 3.69. The van der Waals surface area contributed by atoms with Crippen molar-refractivity contribution in [2.75, 3.05) is 32.1 Å². The summed E-state index contributed by atoms with van der Waals surface area (Å²) >= 11 is 0. The molecule has 1 unspecified atom stereocenters. The number of aryl methyl sites for hydroxylation is 1. The van der Waals surface area contributed by atoms with E-state index in [1.165, 1.54) is 13.2 Å². The van der Waals surface area contributed by atoms with Crippen molar-refractivity contribution in [1.29, 1.82) is 0 Å². The third-order valence-corrected chi connectivity index (χ3v) is 5.39. The number of hydrogen-bond donors (Lipinski definition) is 1. The lowest BCUT2D eigenvalue weighted by Crippen LogP contribution is -2.56. The molecule has 1 heterocycles. The lowest BCUT2D eigenvalue weighted by atomic mass is 10.1. The number of quaternary nitrogens is 1. The van der Waals surface area contributed by atoms with Gasteiger partial charge in [-0.3, -0.25) is 4.79 Å². The fourth-order valence-electron chi connectivity index (χ4n) is 3.69. The van der Waals surface area contributed by atoms with Crippen LogP contribution in [0.5, 0.6) is 0 Å². The predicted octanol–water partition coefficient (Wildman–Crippen LogP) is 3.29. The molecular formula is C19H26N3O3+. The van der Waals surface area contributed by atoms with Gasteiger partial charge >= 0.3 is 5.97 Å². The molecule has 1 saturated heterocycles. The molecule has 1 aliphatic rings. The number of benzene rings is 1. The first-order chi connectivity index (χ1) is 11.9. The molecular weight excluding hydrogens is 318 g/mol. The van der Waals surface area contributed by atoms with Crippen molar-refractivity contribution in [3.05, 3.63) is 34.7 Å². The molecule has 134 valence electrons. The van der Waals surface area contributed by atoms with Gasteiger partial charge in [0.05, 0.1) is 44.6 Å². The molecule has 1 N–H and O–H groups in total. The van der Waals surface area contributed by atoms with Crippen molar-refractivity contribution >= 4 is 23.3 Å². The van der Waals surface area contributed by atoms with Gasteiger partial charge in [-0.15, -0.1) is 0 Å². The topological polar surface area (TPSA) is 59.8 Å². The van der Waals surface area contributed by atoms with E-state index in [1.54, 1.807) is 13.0 Å². The van der Waals surface area contributed by atoms with Crippen molar-refractivity contribution in [3.63, 3.8) is 0 Å². The van der Waals surface area contributed by atoms with Crippen molar-refractivity contribution in [2.24, 2.45) is 0 Å². The Morgan fingerprint density at radius 3 is 2.52 bits per heavy atom. The summed E-state index contributed by atoms with van der Waals surface area (Å²) in [5, 5.41) is 2.92. The molecule has 1 amide bonds. The maximum Gasteiger partial charge on any atom is 0.338 e. The summed E-state index contributed by atoms with van der Waals surface area (Å²) in [6.07, 6.45) is 2.27. The summed E-state index contributed by atoms with van der Waals surface area (Å²) in [4.78, 5) is 28.4. The average Bonchev–Trinajstić information content (AvgIpc) is 3.11. The molecule has 1 fully saturated rings. The third kappa shape index (κ3) is 3.67. The predicted molar refractivity (Wildman–Crippen MR) is 96.6 cm³/mol. The maximum absolute atomic E-state index is 12.9. The molecule has 1 aromatic carbocycles. The second kappa shape index (κ2) is 7.66. The van der Waals surface area contributed by atoms with Gasteiger partial charge in [-0.05, 0) is 32.4 Å². The molecule has 0 aromatic heterocycles. The Hall–Kier alpha value is -2.39. The number of carbonyl (C=O) groups excluding carboxylic acids is 2. The van der Waals surface area contributed by atoms with E-state index in [0.717, 1.165) is 37.0 Å². The highest BCUT2D eigenvalue weighted by Gasteiger charge is 2.40. The van der Waals surface area contributed by atoms with E-state index < -0.39 is 5.97 Å². The van der Waals surface area contributed by atoms with E-state index in [9.17, 15) is 9.59 Å². The molecule has 6 heteroatoms. The molecule has 0 bridgehead atoms. The number of carbonyl (C=O) groups is 2. The third-order valence-electron chi connectivity index (χ3n) is 5.39. The Morgan fingerprint density at radius 1 is 1.36 bits per heavy atom. The van der Waals surface area contributed by atoms with Crippen LogP contribution in [0.15, 0.2) is 12.1 Å². The van der Waals surface area contributed by atoms with E-state index in [-0.39, 0.29) is 17.5 Å². The Kier molecular flexibility index (Phi) is 5.81. The highest BCUT2D eigenvalue weighted by atomic mass is 16.5. The normalized spacial score (nSPS) is 16.8. The van der Waals surface area contributed by atoms with Crippen LogP contribution >= 0.6 is 0 Å². The van der Waals surface area contributed by atoms with Crippen LogP contribution in [0.4, 0.5) is 11.4 Å². The van der Waals surface area contributed by atoms with Gasteiger partial charge in [-0.1, -0.05) is 6.07 Å². The lowest BCUT2D eigenvalue weighted by molar-refractivity contribution is -0.928. The van der Waals surface area contributed by atoms with Gasteiger partial charge < -0.3 is 14.5 Å². The number of likely N-dealkylation sites (tertiary alicyclic amines) is 1. The second-order valence-corrected chi connectivity index (χ2v) is 6.64. The number of nitrogens with one attached hydrogen (secondary N) is 1. The van der Waals surface area contributed by atoms with Crippen molar-refractivity contribution in [3.8, 4) is 0 Å². The van der Waals surface area contributed by atoms with Crippen LogP contribution in [0, 0.1) is 13.5 Å². The van der Waals surface area contributed by atoms with Crippen LogP contribution in [0.1, 0.15) is 42.6 Å². The molecule has 25 heavy (non-hydrogen) atoms. The highest BCUT2D eigenvalue weighted by molar-refractivity contribution is 6.04. The first kappa shape index (κ1) is 18.9. The molecule has 2 rings (SSSR count). The molecule has 0 spiro atoms. The minimum Gasteiger partial charge on any atom is -0.465 e. The first-order valence-corrected chi connectivity index (χ1v) is 8.65. The number of hydrogen-bond acceptors (Lipinski definition) is 3. The Bertz CT molecular complexity index is 715. The molecule has 1 aromatic rings. The molecule has 1 atom stereocenters. The number of amides is 1. The minimum atomic E-state index is -0.558. The van der Waals surface area contributed by atoms with E-state index >= 15 is 0 Å². The van der Waals surface area contributed by atoms with Gasteiger partial charge in [0, 0.05) is 12.8 Å². The average molecular weight is 344 g/mol. The first-order valence-electron chi connectivity index (χ1n) is 8.65. The summed E-state index contributed by atoms with van der Waals surface area (Å²) < 4.78 is 5.59. The van der Waals surface area contributed by atoms with Gasteiger partial charge in [0.15, 0.2) is 11.7 Å². The zero-order valence-electron chi connectivity index (χ0n) is 15.4. The van der Waals surface area contributed by atoms with E-state index in [0.29, 0.717) is 16.9 Å². The summed E-state index contributed by atoms with van der Waals surface area (Å²) in [6, 6.07) is 2.93. The van der Waals surface area contributed by atoms with Crippen LogP contribution in [0.3, 0.4) is 0 Å². The van der Waals surface area contributed by atoms with E-state index in [4.69, 9.17) is 11.3 Å². The molecule has 0 aliphatic carbocycles. The molecule has 6 nitrogen and oxygen atoms in total. The largest absolute Gasteiger partial charge is 0.465 e. The highest BCUT2D eigenvalue weighted by Crippen LogP contribution is 2.30. The van der Waals surface area contributed by atoms with Crippen molar-refractivity contribution in [1.82, 2.24) is 0 Å². The summed E-state index contributed by atoms with van der Waals surface area (Å²) in [7, 11) is 1.29. The monoisotopic (exact) mass is 344 g/mol. The van der Waals surface area contributed by atoms with Gasteiger partial charge in [-0.25, -0.2) is 9.64 Å². The Balaban J connectivity index is 2.34. The maximum atomic E-state index is 12.9. The number of ether oxygens (including phenoxy) is 1. The van der Waals surface area contributed by atoms with Gasteiger partial charge in [0.25, 0.3) is 5.91 Å². The molecule has 0 saturated carbocycles. The minimum absolute atomic E-state index is 0.104. The SMILES string of the molecule is [C-]#[N+]c1cc(C)c(NC(=O)C(C)[N+]2(CC)CCCC2)c(C(=O)OC)c1. The van der Waals surface area contributed by atoms with Crippen molar-refractivity contribution in [2.45, 2.75) is 39.7 Å². The van der Waals surface area contributed by atoms with Crippen LogP contribution in [0.2, 0.25) is 0 Å². The van der Waals surface area contributed by atoms with Gasteiger partial charge in [0.1, 0.15) is 0 Å². The number of anilines is 1. The number of likely N-dealkylation sites (N-methyl/N-ethyl adjacent to an activating group) is 1. The summed E-state index contributed by atoms with van der Waals surface area (Å²) in [6.45, 7) is 15.9. The summed E-state index contributed by atoms with van der Waals surface area (Å²) in [5.41, 5.74) is 1.68. The van der Waals surface area contributed by atoms with E-state index in [2.05, 4.69) is 17.1 Å². The van der Waals surface area contributed by atoms with E-state index in [1.807, 2.05) is 6.92 Å². The number of esters is 1. The number of nitrogens with zero attached hydrogens (tertiary/aromatic N) is 2. The quantitative estimate of drug-likeness (QED) is 0.506. The zero-order valence-corrected chi connectivity index (χ0v) is 15.4. The lowest BCUT2D eigenvalue weighted by Gasteiger charge is -2.38. The van der Waals surface area contributed by atoms with Crippen LogP contribution in [-0.2, 0) is 9.53 Å². The smallest absolute Gasteiger partial charge is 0.338 e. The second-order valence-electron chi connectivity index (χ2n) is 6.64. The Morgan fingerprint density at radius 2 is 2.00 bits per heavy atom. The number of rotatable bonds is 5. The zero-order chi connectivity index (χ0) is 18.6. The summed E-state index contributed by atoms with van der Waals surface area (Å²) in [5.74, 6) is -0.662. The Labute approximate surface area is 149 Å².